The van der Waals surface area contributed by atoms with Crippen molar-refractivity contribution in [2.24, 2.45) is 0 Å². The Morgan fingerprint density at radius 1 is 1.56 bits per heavy atom. The minimum atomic E-state index is -0.469. The lowest BCUT2D eigenvalue weighted by Crippen LogP contribution is -2.25. The number of ether oxygens (including phenoxy) is 2. The molecule has 0 radical (unpaired) electrons. The van der Waals surface area contributed by atoms with E-state index < -0.39 is 5.97 Å². The lowest BCUT2D eigenvalue weighted by Gasteiger charge is -2.19. The van der Waals surface area contributed by atoms with E-state index in [4.69, 9.17) is 4.74 Å². The molecule has 0 saturated carbocycles. The second-order valence-electron chi connectivity index (χ2n) is 3.16. The predicted molar refractivity (Wildman–Crippen MR) is 59.6 cm³/mol. The van der Waals surface area contributed by atoms with E-state index in [1.807, 2.05) is 0 Å². The highest BCUT2D eigenvalue weighted by Gasteiger charge is 2.21. The number of methoxy groups -OCH3 is 1. The van der Waals surface area contributed by atoms with E-state index in [-0.39, 0.29) is 12.5 Å². The fourth-order valence-corrected chi connectivity index (χ4v) is 1.97. The molecule has 0 saturated heterocycles. The molecule has 1 aliphatic rings. The highest BCUT2D eigenvalue weighted by Crippen LogP contribution is 2.36. The van der Waals surface area contributed by atoms with Gasteiger partial charge in [0.1, 0.15) is 0 Å². The minimum absolute atomic E-state index is 0.0246. The zero-order chi connectivity index (χ0) is 11.7. The third-order valence-electron chi connectivity index (χ3n) is 2.09. The Bertz CT molecular complexity index is 472. The van der Waals surface area contributed by atoms with Crippen LogP contribution >= 0.6 is 15.9 Å². The molecule has 5 nitrogen and oxygen atoms in total. The van der Waals surface area contributed by atoms with Gasteiger partial charge in [-0.25, -0.2) is 4.79 Å². The van der Waals surface area contributed by atoms with Crippen molar-refractivity contribution in [1.29, 1.82) is 0 Å². The summed E-state index contributed by atoms with van der Waals surface area (Å²) in [6, 6.07) is 3.10. The molecule has 84 valence electrons. The van der Waals surface area contributed by atoms with Gasteiger partial charge in [-0.15, -0.1) is 0 Å². The number of hydrogen-bond donors (Lipinski definition) is 1. The Hall–Kier alpha value is -1.56. The lowest BCUT2D eigenvalue weighted by atomic mass is 10.1. The van der Waals surface area contributed by atoms with Crippen molar-refractivity contribution in [1.82, 2.24) is 0 Å². The van der Waals surface area contributed by atoms with Crippen LogP contribution in [0, 0.1) is 0 Å². The molecule has 1 aromatic rings. The number of carbonyl (C=O) groups is 2. The van der Waals surface area contributed by atoms with Gasteiger partial charge in [0.25, 0.3) is 5.91 Å². The van der Waals surface area contributed by atoms with Crippen molar-refractivity contribution in [3.8, 4) is 5.75 Å². The monoisotopic (exact) mass is 285 g/mol. The van der Waals surface area contributed by atoms with Crippen molar-refractivity contribution in [2.45, 2.75) is 0 Å². The fraction of sp³-hybridized carbons (Fsp3) is 0.200. The number of esters is 1. The molecule has 16 heavy (non-hydrogen) atoms. The highest BCUT2D eigenvalue weighted by atomic mass is 79.9. The van der Waals surface area contributed by atoms with E-state index in [2.05, 4.69) is 26.0 Å². The van der Waals surface area contributed by atoms with E-state index in [9.17, 15) is 9.59 Å². The molecule has 0 aromatic heterocycles. The zero-order valence-electron chi connectivity index (χ0n) is 8.37. The molecular formula is C10H8BrNO4. The SMILES string of the molecule is COC(=O)c1cc(Br)c2c(c1)NC(=O)CO2. The number of halogens is 1. The van der Waals surface area contributed by atoms with E-state index in [0.717, 1.165) is 0 Å². The lowest BCUT2D eigenvalue weighted by molar-refractivity contribution is -0.118. The van der Waals surface area contributed by atoms with Crippen LogP contribution in [0.4, 0.5) is 5.69 Å². The quantitative estimate of drug-likeness (QED) is 0.796. The van der Waals surface area contributed by atoms with Gasteiger partial charge in [0, 0.05) is 0 Å². The first kappa shape index (κ1) is 10.9. The fourth-order valence-electron chi connectivity index (χ4n) is 1.39. The number of hydrogen-bond acceptors (Lipinski definition) is 4. The second kappa shape index (κ2) is 4.13. The summed E-state index contributed by atoms with van der Waals surface area (Å²) in [5.74, 6) is -0.197. The zero-order valence-corrected chi connectivity index (χ0v) is 9.96. The van der Waals surface area contributed by atoms with E-state index in [0.29, 0.717) is 21.5 Å². The van der Waals surface area contributed by atoms with Crippen LogP contribution in [0.25, 0.3) is 0 Å². The first-order chi connectivity index (χ1) is 7.61. The van der Waals surface area contributed by atoms with E-state index >= 15 is 0 Å². The van der Waals surface area contributed by atoms with Crippen molar-refractivity contribution in [2.75, 3.05) is 19.0 Å². The Kier molecular flexibility index (Phi) is 2.82. The van der Waals surface area contributed by atoms with E-state index in [1.165, 1.54) is 13.2 Å². The predicted octanol–water partition coefficient (Wildman–Crippen LogP) is 1.57. The molecule has 0 aliphatic carbocycles. The van der Waals surface area contributed by atoms with Gasteiger partial charge >= 0.3 is 5.97 Å². The standard InChI is InChI=1S/C10H8BrNO4/c1-15-10(14)5-2-6(11)9-7(3-5)12-8(13)4-16-9/h2-3H,4H2,1H3,(H,12,13). The average Bonchev–Trinajstić information content (AvgIpc) is 2.27. The maximum Gasteiger partial charge on any atom is 0.337 e. The third kappa shape index (κ3) is 1.88. The number of anilines is 1. The normalized spacial score (nSPS) is 13.5. The number of benzene rings is 1. The van der Waals surface area contributed by atoms with E-state index in [1.54, 1.807) is 6.07 Å². The van der Waals surface area contributed by atoms with Crippen LogP contribution in [0.1, 0.15) is 10.4 Å². The molecule has 0 unspecified atom stereocenters. The summed E-state index contributed by atoms with van der Waals surface area (Å²) in [5, 5.41) is 2.62. The largest absolute Gasteiger partial charge is 0.480 e. The molecule has 1 amide bonds. The summed E-state index contributed by atoms with van der Waals surface area (Å²) in [6.45, 7) is -0.0246. The van der Waals surface area contributed by atoms with Gasteiger partial charge in [-0.3, -0.25) is 4.79 Å². The Morgan fingerprint density at radius 2 is 2.31 bits per heavy atom. The summed E-state index contributed by atoms with van der Waals surface area (Å²) in [6.07, 6.45) is 0. The summed E-state index contributed by atoms with van der Waals surface area (Å²) < 4.78 is 10.4. The van der Waals surface area contributed by atoms with Crippen LogP contribution in [0.15, 0.2) is 16.6 Å². The topological polar surface area (TPSA) is 64.6 Å². The van der Waals surface area contributed by atoms with Crippen molar-refractivity contribution >= 4 is 33.5 Å². The molecular weight excluding hydrogens is 278 g/mol. The van der Waals surface area contributed by atoms with Gasteiger partial charge in [-0.1, -0.05) is 0 Å². The van der Waals surface area contributed by atoms with Crippen LogP contribution in [0.5, 0.6) is 5.75 Å². The summed E-state index contributed by atoms with van der Waals surface area (Å²) in [5.41, 5.74) is 0.810. The van der Waals surface area contributed by atoms with Crippen molar-refractivity contribution in [3.63, 3.8) is 0 Å². The molecule has 1 aliphatic heterocycles. The molecule has 0 spiro atoms. The number of fused-ring (bicyclic) bond motifs is 1. The molecule has 2 rings (SSSR count). The van der Waals surface area contributed by atoms with Crippen LogP contribution in [0.2, 0.25) is 0 Å². The first-order valence-corrected chi connectivity index (χ1v) is 5.25. The molecule has 0 bridgehead atoms. The third-order valence-corrected chi connectivity index (χ3v) is 2.68. The minimum Gasteiger partial charge on any atom is -0.480 e. The molecule has 0 atom stereocenters. The van der Waals surface area contributed by atoms with Gasteiger partial charge in [0.2, 0.25) is 0 Å². The summed E-state index contributed by atoms with van der Waals surface area (Å²) >= 11 is 3.27. The summed E-state index contributed by atoms with van der Waals surface area (Å²) in [7, 11) is 1.30. The number of rotatable bonds is 1. The Balaban J connectivity index is 2.47. The van der Waals surface area contributed by atoms with Crippen molar-refractivity contribution < 1.29 is 19.1 Å². The molecule has 1 heterocycles. The number of amides is 1. The first-order valence-electron chi connectivity index (χ1n) is 4.46. The average molecular weight is 286 g/mol. The summed E-state index contributed by atoms with van der Waals surface area (Å²) in [4.78, 5) is 22.5. The van der Waals surface area contributed by atoms with Crippen LogP contribution in [-0.2, 0) is 9.53 Å². The second-order valence-corrected chi connectivity index (χ2v) is 4.02. The smallest absolute Gasteiger partial charge is 0.337 e. The van der Waals surface area contributed by atoms with Gasteiger partial charge in [0.05, 0.1) is 22.8 Å². The van der Waals surface area contributed by atoms with Gasteiger partial charge in [-0.2, -0.15) is 0 Å². The van der Waals surface area contributed by atoms with Crippen LogP contribution in [-0.4, -0.2) is 25.6 Å². The van der Waals surface area contributed by atoms with Crippen molar-refractivity contribution in [3.05, 3.63) is 22.2 Å². The Labute approximate surface area is 99.9 Å². The maximum absolute atomic E-state index is 11.3. The van der Waals surface area contributed by atoms with Gasteiger partial charge in [-0.05, 0) is 28.1 Å². The van der Waals surface area contributed by atoms with Crippen LogP contribution < -0.4 is 10.1 Å². The molecule has 1 aromatic carbocycles. The maximum atomic E-state index is 11.3. The van der Waals surface area contributed by atoms with Gasteiger partial charge < -0.3 is 14.8 Å². The Morgan fingerprint density at radius 3 is 3.00 bits per heavy atom. The van der Waals surface area contributed by atoms with Gasteiger partial charge in [0.15, 0.2) is 12.4 Å². The molecule has 6 heteroatoms. The van der Waals surface area contributed by atoms with Crippen LogP contribution in [0.3, 0.4) is 0 Å². The highest BCUT2D eigenvalue weighted by molar-refractivity contribution is 9.10. The number of carbonyl (C=O) groups excluding carboxylic acids is 2. The molecule has 0 fully saturated rings. The number of nitrogens with one attached hydrogen (secondary N) is 1. The molecule has 1 N–H and O–H groups in total.